The normalized spacial score (nSPS) is 11.3. The molecule has 148 valence electrons. The lowest BCUT2D eigenvalue weighted by molar-refractivity contribution is 0.106. The van der Waals surface area contributed by atoms with Crippen molar-refractivity contribution in [2.24, 2.45) is 5.10 Å². The number of aromatic nitrogens is 3. The summed E-state index contributed by atoms with van der Waals surface area (Å²) in [5.74, 6) is -0.312. The molecule has 7 heteroatoms. The van der Waals surface area contributed by atoms with Crippen molar-refractivity contribution in [3.63, 3.8) is 0 Å². The molecular weight excluding hydrogens is 394 g/mol. The number of Topliss-reactive ketones (excluding diaryl/α,β-unsaturated/α-hetero) is 1. The maximum Gasteiger partial charge on any atom is 0.233 e. The highest BCUT2D eigenvalue weighted by atomic mass is 32.1. The van der Waals surface area contributed by atoms with Crippen molar-refractivity contribution in [3.05, 3.63) is 94.9 Å². The van der Waals surface area contributed by atoms with Gasteiger partial charge in [0.05, 0.1) is 11.4 Å². The van der Waals surface area contributed by atoms with Gasteiger partial charge in [-0.2, -0.15) is 5.10 Å². The van der Waals surface area contributed by atoms with Crippen LogP contribution in [0.4, 0.5) is 5.13 Å². The first-order chi connectivity index (χ1) is 14.6. The molecule has 0 spiro atoms. The van der Waals surface area contributed by atoms with Crippen LogP contribution in [0.15, 0.2) is 77.5 Å². The quantitative estimate of drug-likeness (QED) is 0.276. The van der Waals surface area contributed by atoms with Crippen molar-refractivity contribution < 1.29 is 4.79 Å². The van der Waals surface area contributed by atoms with Crippen LogP contribution in [0.3, 0.4) is 0 Å². The average molecular weight is 414 g/mol. The van der Waals surface area contributed by atoms with Crippen LogP contribution in [0.25, 0.3) is 11.3 Å². The SMILES string of the molecule is Cc1ccc(C)c(-c2csc(N/N=C(\C(=O)c3ccccn3)c3ccccn3)n2)c1. The summed E-state index contributed by atoms with van der Waals surface area (Å²) in [6, 6.07) is 16.8. The van der Waals surface area contributed by atoms with Gasteiger partial charge in [-0.25, -0.2) is 4.98 Å². The number of nitrogens with zero attached hydrogens (tertiary/aromatic N) is 4. The van der Waals surface area contributed by atoms with Gasteiger partial charge in [-0.3, -0.25) is 20.2 Å². The molecule has 0 aliphatic carbocycles. The van der Waals surface area contributed by atoms with Gasteiger partial charge in [0.1, 0.15) is 5.69 Å². The van der Waals surface area contributed by atoms with E-state index in [1.807, 2.05) is 11.4 Å². The predicted octanol–water partition coefficient (Wildman–Crippen LogP) is 4.92. The molecule has 0 saturated carbocycles. The molecule has 3 heterocycles. The molecule has 6 nitrogen and oxygen atoms in total. The van der Waals surface area contributed by atoms with Crippen molar-refractivity contribution >= 4 is 28.0 Å². The van der Waals surface area contributed by atoms with E-state index < -0.39 is 0 Å². The molecule has 3 aromatic heterocycles. The smallest absolute Gasteiger partial charge is 0.233 e. The summed E-state index contributed by atoms with van der Waals surface area (Å²) in [7, 11) is 0. The van der Waals surface area contributed by atoms with Gasteiger partial charge in [0.15, 0.2) is 5.71 Å². The van der Waals surface area contributed by atoms with Crippen LogP contribution in [0.2, 0.25) is 0 Å². The van der Waals surface area contributed by atoms with Crippen LogP contribution in [-0.2, 0) is 0 Å². The van der Waals surface area contributed by atoms with Crippen LogP contribution in [-0.4, -0.2) is 26.4 Å². The molecule has 0 saturated heterocycles. The highest BCUT2D eigenvalue weighted by Gasteiger charge is 2.19. The first-order valence-corrected chi connectivity index (χ1v) is 10.2. The number of nitrogens with one attached hydrogen (secondary N) is 1. The Bertz CT molecular complexity index is 1200. The lowest BCUT2D eigenvalue weighted by atomic mass is 10.0. The monoisotopic (exact) mass is 413 g/mol. The van der Waals surface area contributed by atoms with Crippen LogP contribution in [0, 0.1) is 13.8 Å². The Morgan fingerprint density at radius 1 is 0.967 bits per heavy atom. The van der Waals surface area contributed by atoms with Gasteiger partial charge in [-0.05, 0) is 49.7 Å². The van der Waals surface area contributed by atoms with E-state index in [1.54, 1.807) is 42.7 Å². The van der Waals surface area contributed by atoms with Crippen LogP contribution in [0.1, 0.15) is 27.3 Å². The average Bonchev–Trinajstić information content (AvgIpc) is 3.25. The molecule has 0 bridgehead atoms. The number of ketones is 1. The van der Waals surface area contributed by atoms with Crippen LogP contribution in [0.5, 0.6) is 0 Å². The molecule has 1 aromatic carbocycles. The van der Waals surface area contributed by atoms with Gasteiger partial charge in [0.25, 0.3) is 0 Å². The number of anilines is 1. The molecule has 30 heavy (non-hydrogen) atoms. The number of aryl methyl sites for hydroxylation is 2. The zero-order valence-corrected chi connectivity index (χ0v) is 17.4. The Morgan fingerprint density at radius 3 is 2.40 bits per heavy atom. The van der Waals surface area contributed by atoms with Crippen molar-refractivity contribution in [2.75, 3.05) is 5.43 Å². The lowest BCUT2D eigenvalue weighted by Crippen LogP contribution is -2.19. The number of hydrogen-bond donors (Lipinski definition) is 1. The summed E-state index contributed by atoms with van der Waals surface area (Å²) in [4.78, 5) is 26.0. The van der Waals surface area contributed by atoms with Gasteiger partial charge < -0.3 is 0 Å². The summed E-state index contributed by atoms with van der Waals surface area (Å²) in [6.07, 6.45) is 3.20. The summed E-state index contributed by atoms with van der Waals surface area (Å²) >= 11 is 1.43. The van der Waals surface area contributed by atoms with E-state index in [9.17, 15) is 4.79 Å². The maximum absolute atomic E-state index is 13.0. The van der Waals surface area contributed by atoms with E-state index >= 15 is 0 Å². The van der Waals surface area contributed by atoms with E-state index in [0.717, 1.165) is 16.8 Å². The molecule has 4 aromatic rings. The molecule has 0 aliphatic rings. The number of hydrazone groups is 1. The first kappa shape index (κ1) is 19.6. The van der Waals surface area contributed by atoms with Gasteiger partial charge in [-0.15, -0.1) is 11.3 Å². The van der Waals surface area contributed by atoms with E-state index in [-0.39, 0.29) is 11.5 Å². The minimum atomic E-state index is -0.312. The molecule has 0 amide bonds. The fourth-order valence-corrected chi connectivity index (χ4v) is 3.56. The largest absolute Gasteiger partial charge is 0.285 e. The van der Waals surface area contributed by atoms with Crippen LogP contribution < -0.4 is 5.43 Å². The third-order valence-electron chi connectivity index (χ3n) is 4.46. The Balaban J connectivity index is 1.65. The van der Waals surface area contributed by atoms with Crippen molar-refractivity contribution in [2.45, 2.75) is 13.8 Å². The Kier molecular flexibility index (Phi) is 5.72. The number of benzene rings is 1. The van der Waals surface area contributed by atoms with Gasteiger partial charge >= 0.3 is 0 Å². The third kappa shape index (κ3) is 4.31. The van der Waals surface area contributed by atoms with Crippen molar-refractivity contribution in [1.29, 1.82) is 0 Å². The van der Waals surface area contributed by atoms with Crippen molar-refractivity contribution in [3.8, 4) is 11.3 Å². The van der Waals surface area contributed by atoms with Gasteiger partial charge in [0.2, 0.25) is 10.9 Å². The summed E-state index contributed by atoms with van der Waals surface area (Å²) < 4.78 is 0. The number of carbonyl (C=O) groups is 1. The van der Waals surface area contributed by atoms with Crippen molar-refractivity contribution in [1.82, 2.24) is 15.0 Å². The third-order valence-corrected chi connectivity index (χ3v) is 5.20. The van der Waals surface area contributed by atoms with E-state index in [2.05, 4.69) is 57.5 Å². The van der Waals surface area contributed by atoms with E-state index in [0.29, 0.717) is 16.5 Å². The molecule has 1 N–H and O–H groups in total. The zero-order chi connectivity index (χ0) is 20.9. The molecule has 0 atom stereocenters. The Morgan fingerprint density at radius 2 is 1.70 bits per heavy atom. The zero-order valence-electron chi connectivity index (χ0n) is 16.5. The second-order valence-electron chi connectivity index (χ2n) is 6.69. The van der Waals surface area contributed by atoms with Gasteiger partial charge in [-0.1, -0.05) is 29.8 Å². The number of carbonyl (C=O) groups excluding carboxylic acids is 1. The number of hydrogen-bond acceptors (Lipinski definition) is 7. The standard InChI is InChI=1S/C23H19N5OS/c1-15-9-10-16(2)17(13-15)20-14-30-23(26-20)28-27-21(18-7-3-5-11-24-18)22(29)19-8-4-6-12-25-19/h3-14H,1-2H3,(H,26,28)/b27-21-. The predicted molar refractivity (Wildman–Crippen MR) is 120 cm³/mol. The van der Waals surface area contributed by atoms with Gasteiger partial charge in [0, 0.05) is 23.3 Å². The fourth-order valence-electron chi connectivity index (χ4n) is 2.91. The Hall–Kier alpha value is -3.71. The van der Waals surface area contributed by atoms with E-state index in [4.69, 9.17) is 0 Å². The summed E-state index contributed by atoms with van der Waals surface area (Å²) in [5, 5.41) is 6.91. The molecule has 4 rings (SSSR count). The highest BCUT2D eigenvalue weighted by Crippen LogP contribution is 2.28. The molecular formula is C23H19N5OS. The maximum atomic E-state index is 13.0. The topological polar surface area (TPSA) is 80.1 Å². The molecule has 0 fully saturated rings. The summed E-state index contributed by atoms with van der Waals surface area (Å²) in [6.45, 7) is 4.12. The second kappa shape index (κ2) is 8.75. The minimum Gasteiger partial charge on any atom is -0.285 e. The molecule has 0 radical (unpaired) electrons. The first-order valence-electron chi connectivity index (χ1n) is 9.36. The molecule has 0 unspecified atom stereocenters. The van der Waals surface area contributed by atoms with E-state index in [1.165, 1.54) is 16.9 Å². The Labute approximate surface area is 178 Å². The fraction of sp³-hybridized carbons (Fsp3) is 0.0870. The highest BCUT2D eigenvalue weighted by molar-refractivity contribution is 7.14. The number of thiazole rings is 1. The number of rotatable bonds is 6. The van der Waals surface area contributed by atoms with Crippen LogP contribution >= 0.6 is 11.3 Å². The number of pyridine rings is 2. The molecule has 0 aliphatic heterocycles. The minimum absolute atomic E-state index is 0.179. The lowest BCUT2D eigenvalue weighted by Gasteiger charge is -2.05. The second-order valence-corrected chi connectivity index (χ2v) is 7.55. The summed E-state index contributed by atoms with van der Waals surface area (Å²) in [5.41, 5.74) is 8.15.